The molecule has 42 heavy (non-hydrogen) atoms. The van der Waals surface area contributed by atoms with Crippen LogP contribution < -0.4 is 21.2 Å². The first-order valence-electron chi connectivity index (χ1n) is 14.4. The monoisotopic (exact) mass is 662 g/mol. The number of rotatable bonds is 9. The van der Waals surface area contributed by atoms with E-state index in [-0.39, 0.29) is 61.1 Å². The second kappa shape index (κ2) is 16.8. The number of carbonyl (C=O) groups excluding carboxylic acids is 2. The molecule has 1 radical (unpaired) electrons. The Morgan fingerprint density at radius 1 is 0.857 bits per heavy atom. The summed E-state index contributed by atoms with van der Waals surface area (Å²) in [7, 11) is -3.21. The normalized spacial score (nSPS) is 12.3. The number of aryl methyl sites for hydroxylation is 1. The fraction of sp³-hybridized carbons (Fsp3) is 0.389. The van der Waals surface area contributed by atoms with Crippen LogP contribution in [0.4, 0.5) is 0 Å². The van der Waals surface area contributed by atoms with E-state index in [1.165, 1.54) is 0 Å². The van der Waals surface area contributed by atoms with Gasteiger partial charge in [-0.3, -0.25) is 4.79 Å². The first-order chi connectivity index (χ1) is 19.1. The first-order valence-corrected chi connectivity index (χ1v) is 16.1. The fourth-order valence-corrected chi connectivity index (χ4v) is 7.60. The van der Waals surface area contributed by atoms with Crippen molar-refractivity contribution in [2.75, 3.05) is 6.54 Å². The largest absolute Gasteiger partial charge is 0.352 e. The summed E-state index contributed by atoms with van der Waals surface area (Å²) < 4.78 is 14.6. The summed E-state index contributed by atoms with van der Waals surface area (Å²) in [6.45, 7) is 22.5. The standard InChI is InChI=1S/C24H25NO2P.C12H23O.Y/c1-3-4-17-25-24(26)22-16-15-19(2)18-23(22)28(27,20-11-7-5-8-12-20)21-13-9-6-10-14-21;1-9(8-11(2,3)4)10(13)12(5,6)7;/h5-16,18H,1,3-4,17H2,2H3,(H,25,26);9H,1,8H2,2-7H3;/q2*-1;. The molecule has 1 atom stereocenters. The molecule has 0 saturated heterocycles. The molecule has 0 aliphatic rings. The van der Waals surface area contributed by atoms with E-state index >= 15 is 0 Å². The smallest absolute Gasteiger partial charge is 0.252 e. The number of hydrogen-bond donors (Lipinski definition) is 1. The Morgan fingerprint density at radius 3 is 1.79 bits per heavy atom. The van der Waals surface area contributed by atoms with E-state index in [1.54, 1.807) is 6.07 Å². The van der Waals surface area contributed by atoms with Crippen LogP contribution in [-0.2, 0) is 42.1 Å². The minimum absolute atomic E-state index is 0. The Hall–Kier alpha value is -1.87. The third kappa shape index (κ3) is 11.0. The van der Waals surface area contributed by atoms with Gasteiger partial charge in [-0.15, -0.1) is 5.92 Å². The fourth-order valence-electron chi connectivity index (χ4n) is 4.66. The maximum absolute atomic E-state index is 14.6. The predicted octanol–water partition coefficient (Wildman–Crippen LogP) is 7.46. The molecule has 0 aliphatic carbocycles. The Morgan fingerprint density at radius 2 is 1.36 bits per heavy atom. The van der Waals surface area contributed by atoms with Gasteiger partial charge < -0.3 is 28.5 Å². The van der Waals surface area contributed by atoms with Crippen LogP contribution in [0.3, 0.4) is 0 Å². The predicted molar refractivity (Wildman–Crippen MR) is 175 cm³/mol. The molecule has 3 aromatic carbocycles. The Balaban J connectivity index is 0.000000537. The van der Waals surface area contributed by atoms with Gasteiger partial charge in [0.15, 0.2) is 7.14 Å². The van der Waals surface area contributed by atoms with Gasteiger partial charge >= 0.3 is 0 Å². The van der Waals surface area contributed by atoms with Gasteiger partial charge in [-0.1, -0.05) is 127 Å². The van der Waals surface area contributed by atoms with Crippen molar-refractivity contribution in [3.8, 4) is 0 Å². The van der Waals surface area contributed by atoms with Gasteiger partial charge in [0.2, 0.25) is 0 Å². The summed E-state index contributed by atoms with van der Waals surface area (Å²) in [4.78, 5) is 24.7. The molecule has 0 spiro atoms. The van der Waals surface area contributed by atoms with Crippen molar-refractivity contribution in [1.82, 2.24) is 5.32 Å². The molecule has 0 heterocycles. The van der Waals surface area contributed by atoms with E-state index in [2.05, 4.69) is 39.9 Å². The number of Topliss-reactive ketones (excluding diaryl/α,β-unsaturated/α-hetero) is 1. The second-order valence-electron chi connectivity index (χ2n) is 12.8. The zero-order valence-corrected chi connectivity index (χ0v) is 30.3. The van der Waals surface area contributed by atoms with Crippen molar-refractivity contribution in [2.24, 2.45) is 16.7 Å². The molecule has 3 rings (SSSR count). The molecule has 0 aliphatic heterocycles. The van der Waals surface area contributed by atoms with Crippen molar-refractivity contribution in [3.63, 3.8) is 0 Å². The van der Waals surface area contributed by atoms with Crippen LogP contribution in [0.5, 0.6) is 0 Å². The van der Waals surface area contributed by atoms with Crippen molar-refractivity contribution in [2.45, 2.75) is 67.7 Å². The molecule has 1 N–H and O–H groups in total. The molecule has 1 unspecified atom stereocenters. The number of amides is 1. The summed E-state index contributed by atoms with van der Waals surface area (Å²) in [5, 5.41) is 4.96. The van der Waals surface area contributed by atoms with E-state index in [0.29, 0.717) is 17.4 Å². The van der Waals surface area contributed by atoms with Crippen LogP contribution in [0, 0.1) is 37.5 Å². The summed E-state index contributed by atoms with van der Waals surface area (Å²) in [6.07, 6.45) is 2.43. The summed E-state index contributed by atoms with van der Waals surface area (Å²) >= 11 is 0. The molecule has 3 aromatic rings. The molecule has 6 heteroatoms. The molecule has 0 aromatic heterocycles. The molecule has 4 nitrogen and oxygen atoms in total. The van der Waals surface area contributed by atoms with Gasteiger partial charge in [0, 0.05) is 60.6 Å². The summed E-state index contributed by atoms with van der Waals surface area (Å²) in [6, 6.07) is 24.4. The van der Waals surface area contributed by atoms with Crippen LogP contribution in [0.15, 0.2) is 78.9 Å². The number of hydrogen-bond acceptors (Lipinski definition) is 3. The van der Waals surface area contributed by atoms with Crippen LogP contribution in [0.2, 0.25) is 0 Å². The minimum Gasteiger partial charge on any atom is -0.352 e. The average Bonchev–Trinajstić information content (AvgIpc) is 2.92. The second-order valence-corrected chi connectivity index (χ2v) is 15.6. The molecule has 0 saturated carbocycles. The van der Waals surface area contributed by atoms with Crippen molar-refractivity contribution in [1.29, 1.82) is 0 Å². The van der Waals surface area contributed by atoms with E-state index in [4.69, 9.17) is 0 Å². The van der Waals surface area contributed by atoms with Gasteiger partial charge in [0.25, 0.3) is 5.91 Å². The number of benzene rings is 3. The zero-order valence-electron chi connectivity index (χ0n) is 26.6. The number of unbranched alkanes of at least 4 members (excludes halogenated alkanes) is 1. The summed E-state index contributed by atoms with van der Waals surface area (Å²) in [5.74, 6) is -0.00189. The zero-order chi connectivity index (χ0) is 30.8. The van der Waals surface area contributed by atoms with Crippen LogP contribution in [-0.4, -0.2) is 18.2 Å². The minimum atomic E-state index is -3.21. The van der Waals surface area contributed by atoms with Gasteiger partial charge in [-0.2, -0.15) is 6.42 Å². The average molecular weight is 663 g/mol. The SMILES string of the molecule is [CH2-]C(CC(C)(C)C)C(=O)C(C)(C)C.[CH2-]CCCNC(=O)c1ccc(C)cc1P(=O)(c1ccccc1)c1ccccc1.[Y]. The maximum atomic E-state index is 14.6. The van der Waals surface area contributed by atoms with Crippen molar-refractivity contribution >= 4 is 34.7 Å². The Labute approximate surface area is 280 Å². The Kier molecular flexibility index (Phi) is 15.3. The van der Waals surface area contributed by atoms with Gasteiger partial charge in [0.05, 0.1) is 5.56 Å². The van der Waals surface area contributed by atoms with Crippen LogP contribution in [0.1, 0.15) is 76.7 Å². The molecule has 0 fully saturated rings. The van der Waals surface area contributed by atoms with Crippen molar-refractivity contribution in [3.05, 3.63) is 104 Å². The molecule has 225 valence electrons. The van der Waals surface area contributed by atoms with Gasteiger partial charge in [-0.05, 0) is 24.5 Å². The number of nitrogens with one attached hydrogen (secondary N) is 1. The quantitative estimate of drug-likeness (QED) is 0.147. The third-order valence-corrected chi connectivity index (χ3v) is 9.76. The van der Waals surface area contributed by atoms with E-state index in [1.807, 2.05) is 100 Å². The maximum Gasteiger partial charge on any atom is 0.252 e. The van der Waals surface area contributed by atoms with E-state index in [9.17, 15) is 14.2 Å². The summed E-state index contributed by atoms with van der Waals surface area (Å²) in [5.41, 5.74) is 1.37. The Bertz CT molecular complexity index is 1280. The van der Waals surface area contributed by atoms with E-state index < -0.39 is 7.14 Å². The van der Waals surface area contributed by atoms with Gasteiger partial charge in [-0.25, -0.2) is 0 Å². The first kappa shape index (κ1) is 38.2. The van der Waals surface area contributed by atoms with Crippen molar-refractivity contribution < 1.29 is 46.9 Å². The molecular formula is C36H48NO3PY-2. The molecular weight excluding hydrogens is 614 g/mol. The number of carbonyl (C=O) groups is 2. The molecule has 1 amide bonds. The van der Waals surface area contributed by atoms with E-state index in [0.717, 1.165) is 35.4 Å². The van der Waals surface area contributed by atoms with Gasteiger partial charge in [0.1, 0.15) is 5.78 Å². The van der Waals surface area contributed by atoms with Crippen LogP contribution in [0.25, 0.3) is 0 Å². The molecule has 0 bridgehead atoms. The topological polar surface area (TPSA) is 63.2 Å². The number of ketones is 1. The van der Waals surface area contributed by atoms with Crippen LogP contribution >= 0.6 is 7.14 Å². The third-order valence-electron chi connectivity index (χ3n) is 6.66.